The second-order valence-corrected chi connectivity index (χ2v) is 25.3. The number of thioether (sulfide) groups is 1. The van der Waals surface area contributed by atoms with Crippen LogP contribution in [0.2, 0.25) is 0 Å². The van der Waals surface area contributed by atoms with E-state index in [9.17, 15) is 38.4 Å². The Bertz CT molecular complexity index is 3810. The Kier molecular flexibility index (Phi) is 25.3. The van der Waals surface area contributed by atoms with Gasteiger partial charge in [0.2, 0.25) is 35.1 Å². The second kappa shape index (κ2) is 33.7. The number of nitrogens with one attached hydrogen (secondary N) is 4. The van der Waals surface area contributed by atoms with Crippen molar-refractivity contribution in [3.05, 3.63) is 123 Å². The molecule has 0 unspecified atom stereocenters. The standard InChI is InChI=1S/C67H83N13O13S/c1-8-66(6,7)94-64-71-34-46(35-72-64)17-11-10-12-21-57(82)70-36-48-37-78(77-76-48)30-32-89-31-28-69-58(83)41-90-42-59(84)74-55(20-15-16-27-68)61(85)73-47-24-22-45(23-25-47)39-92-65(88)93-67(9-2)53-33-56-60-51(38-80(56)62(86)52(53)40-91-63(67)87)49(26-29-79(43(3)4)44(5)81)50-18-13-14-19-54(50)75-60/h13-14,18-19,22-25,33-35,37,43,55H,8-10,12,15-16,20-21,26-32,36,38-42,68H2,1-7H3,(H,69,83)(H,70,82)(H,73,85)(H,74,84)/t55-,67-/m0/s1. The van der Waals surface area contributed by atoms with Gasteiger partial charge in [-0.2, -0.15) is 0 Å². The third-order valence-corrected chi connectivity index (χ3v) is 17.3. The van der Waals surface area contributed by atoms with E-state index in [0.29, 0.717) is 92.0 Å². The minimum Gasteiger partial charge on any atom is -0.457 e. The number of fused-ring (bicyclic) bond motifs is 5. The number of amides is 5. The molecule has 0 spiro atoms. The van der Waals surface area contributed by atoms with E-state index >= 15 is 0 Å². The van der Waals surface area contributed by atoms with Crippen LogP contribution in [0, 0.1) is 11.8 Å². The van der Waals surface area contributed by atoms with Gasteiger partial charge in [-0.1, -0.05) is 86.8 Å². The summed E-state index contributed by atoms with van der Waals surface area (Å²) in [5, 5.41) is 20.8. The van der Waals surface area contributed by atoms with Crippen LogP contribution in [0.15, 0.2) is 83.1 Å². The smallest absolute Gasteiger partial charge is 0.457 e. The van der Waals surface area contributed by atoms with Crippen molar-refractivity contribution in [1.29, 1.82) is 0 Å². The summed E-state index contributed by atoms with van der Waals surface area (Å²) in [6, 6.07) is 14.7. The first-order valence-corrected chi connectivity index (χ1v) is 32.5. The maximum absolute atomic E-state index is 14.4. The highest BCUT2D eigenvalue weighted by Gasteiger charge is 2.51. The summed E-state index contributed by atoms with van der Waals surface area (Å²) in [5.74, 6) is 3.49. The zero-order valence-corrected chi connectivity index (χ0v) is 55.1. The number of para-hydroxylation sites is 1. The third kappa shape index (κ3) is 19.0. The summed E-state index contributed by atoms with van der Waals surface area (Å²) >= 11 is 1.63. The van der Waals surface area contributed by atoms with Crippen molar-refractivity contribution in [3.8, 4) is 23.2 Å². The molecule has 500 valence electrons. The molecule has 2 aliphatic rings. The maximum Gasteiger partial charge on any atom is 0.510 e. The van der Waals surface area contributed by atoms with Gasteiger partial charge in [0.05, 0.1) is 67.1 Å². The van der Waals surface area contributed by atoms with Crippen molar-refractivity contribution in [2.24, 2.45) is 5.73 Å². The number of esters is 1. The van der Waals surface area contributed by atoms with E-state index < -0.39 is 60.3 Å². The van der Waals surface area contributed by atoms with Gasteiger partial charge in [-0.25, -0.2) is 29.2 Å². The molecule has 2 aromatic carbocycles. The van der Waals surface area contributed by atoms with Crippen LogP contribution in [0.1, 0.15) is 139 Å². The van der Waals surface area contributed by atoms with Gasteiger partial charge in [-0.15, -0.1) is 5.10 Å². The number of nitrogens with zero attached hydrogens (tertiary/aromatic N) is 8. The number of rotatable bonds is 33. The van der Waals surface area contributed by atoms with Crippen LogP contribution in [-0.2, 0) is 97.3 Å². The number of ether oxygens (including phenoxy) is 5. The first-order chi connectivity index (χ1) is 45.2. The number of benzene rings is 2. The molecule has 4 aromatic heterocycles. The SMILES string of the molecule is CCC(C)(C)Sc1ncc(C#CCCCC(=O)NCc2cn(CCOCCNC(=O)COCC(=O)N[C@@H](CCCCN)C(=O)Nc3ccc(COC(=O)O[C@]4(CC)C(=O)OCc5c4cc4n(c5=O)Cc5c-4nc4ccccc4c5CCN(C(C)=O)C(C)C)cc3)nn2)cn1. The molecule has 26 nitrogen and oxygen atoms in total. The number of hydrogen-bond donors (Lipinski definition) is 5. The lowest BCUT2D eigenvalue weighted by molar-refractivity contribution is -0.175. The van der Waals surface area contributed by atoms with Crippen molar-refractivity contribution in [3.63, 3.8) is 0 Å². The van der Waals surface area contributed by atoms with Gasteiger partial charge >= 0.3 is 12.1 Å². The summed E-state index contributed by atoms with van der Waals surface area (Å²) in [6.45, 7) is 14.3. The van der Waals surface area contributed by atoms with Crippen LogP contribution in [-0.4, -0.2) is 144 Å². The van der Waals surface area contributed by atoms with Crippen LogP contribution in [0.4, 0.5) is 10.5 Å². The van der Waals surface area contributed by atoms with Crippen molar-refractivity contribution in [1.82, 2.24) is 55.4 Å². The molecule has 0 aliphatic carbocycles. The van der Waals surface area contributed by atoms with Crippen molar-refractivity contribution in [2.75, 3.05) is 51.4 Å². The molecule has 6 N–H and O–H groups in total. The van der Waals surface area contributed by atoms with Crippen LogP contribution >= 0.6 is 11.8 Å². The molecule has 0 saturated carbocycles. The Balaban J connectivity index is 0.734. The van der Waals surface area contributed by atoms with Gasteiger partial charge < -0.3 is 60.2 Å². The Hall–Kier alpha value is -9.10. The van der Waals surface area contributed by atoms with E-state index in [1.54, 1.807) is 88.7 Å². The van der Waals surface area contributed by atoms with Gasteiger partial charge in [-0.05, 0) is 101 Å². The highest BCUT2D eigenvalue weighted by Crippen LogP contribution is 2.42. The molecule has 0 saturated heterocycles. The predicted octanol–water partition coefficient (Wildman–Crippen LogP) is 6.14. The fraction of sp³-hybridized carbons (Fsp3) is 0.478. The number of pyridine rings is 2. The number of cyclic esters (lactones) is 1. The van der Waals surface area contributed by atoms with Crippen LogP contribution in [0.25, 0.3) is 22.3 Å². The highest BCUT2D eigenvalue weighted by molar-refractivity contribution is 8.00. The van der Waals surface area contributed by atoms with E-state index in [0.717, 1.165) is 33.7 Å². The first-order valence-electron chi connectivity index (χ1n) is 31.7. The lowest BCUT2D eigenvalue weighted by Gasteiger charge is -2.35. The maximum atomic E-state index is 14.4. The Morgan fingerprint density at radius 2 is 1.69 bits per heavy atom. The number of unbranched alkanes of at least 4 members (excludes halogenated alkanes) is 2. The molecule has 5 amide bonds. The summed E-state index contributed by atoms with van der Waals surface area (Å²) in [7, 11) is 0. The van der Waals surface area contributed by atoms with E-state index in [1.165, 1.54) is 0 Å². The average Bonchev–Trinajstić information content (AvgIpc) is 1.35. The summed E-state index contributed by atoms with van der Waals surface area (Å²) in [6.07, 6.45) is 8.23. The Labute approximate surface area is 549 Å². The third-order valence-electron chi connectivity index (χ3n) is 16.1. The molecule has 94 heavy (non-hydrogen) atoms. The fourth-order valence-corrected chi connectivity index (χ4v) is 11.5. The van der Waals surface area contributed by atoms with Crippen LogP contribution in [0.5, 0.6) is 0 Å². The number of nitrogens with two attached hydrogens (primary N) is 1. The van der Waals surface area contributed by atoms with E-state index in [-0.39, 0.29) is 92.6 Å². The van der Waals surface area contributed by atoms with Gasteiger partial charge in [-0.3, -0.25) is 28.8 Å². The normalized spacial score (nSPS) is 14.2. The molecule has 0 bridgehead atoms. The zero-order chi connectivity index (χ0) is 67.4. The topological polar surface area (TPSA) is 334 Å². The minimum absolute atomic E-state index is 0.0228. The highest BCUT2D eigenvalue weighted by atomic mass is 32.2. The number of anilines is 1. The molecule has 0 radical (unpaired) electrons. The average molecular weight is 1310 g/mol. The number of aromatic nitrogens is 7. The molecule has 27 heteroatoms. The molecule has 6 aromatic rings. The Morgan fingerprint density at radius 1 is 0.926 bits per heavy atom. The van der Waals surface area contributed by atoms with Crippen molar-refractivity contribution < 1.29 is 57.2 Å². The molecule has 8 rings (SSSR count). The molecule has 0 fully saturated rings. The second-order valence-electron chi connectivity index (χ2n) is 23.6. The number of carbonyl (C=O) groups excluding carboxylic acids is 7. The minimum atomic E-state index is -2.03. The van der Waals surface area contributed by atoms with Gasteiger partial charge in [0.15, 0.2) is 5.16 Å². The fourth-order valence-electron chi connectivity index (χ4n) is 10.7. The van der Waals surface area contributed by atoms with Crippen LogP contribution < -0.4 is 32.6 Å². The van der Waals surface area contributed by atoms with E-state index in [2.05, 4.69) is 74.2 Å². The first kappa shape index (κ1) is 70.8. The quantitative estimate of drug-likeness (QED) is 0.0101. The van der Waals surface area contributed by atoms with E-state index in [4.69, 9.17) is 34.4 Å². The molecular weight excluding hydrogens is 1230 g/mol. The summed E-state index contributed by atoms with van der Waals surface area (Å²) in [5.41, 5.74) is 9.27. The molecule has 2 aliphatic heterocycles. The van der Waals surface area contributed by atoms with Gasteiger partial charge in [0, 0.05) is 78.2 Å². The number of hydrogen-bond acceptors (Lipinski definition) is 20. The van der Waals surface area contributed by atoms with Crippen molar-refractivity contribution >= 4 is 70.0 Å². The summed E-state index contributed by atoms with van der Waals surface area (Å²) in [4.78, 5) is 121. The largest absolute Gasteiger partial charge is 0.510 e. The van der Waals surface area contributed by atoms with Crippen molar-refractivity contribution in [2.45, 2.75) is 167 Å². The van der Waals surface area contributed by atoms with Gasteiger partial charge in [0.25, 0.3) is 5.56 Å². The lowest BCUT2D eigenvalue weighted by atomic mass is 9.85. The summed E-state index contributed by atoms with van der Waals surface area (Å²) < 4.78 is 31.2. The van der Waals surface area contributed by atoms with E-state index in [1.807, 2.05) is 38.1 Å². The monoisotopic (exact) mass is 1310 g/mol. The predicted molar refractivity (Wildman–Crippen MR) is 349 cm³/mol. The zero-order valence-electron chi connectivity index (χ0n) is 54.3. The lowest BCUT2D eigenvalue weighted by Crippen LogP contribution is -2.47. The number of carbonyl (C=O) groups is 7. The van der Waals surface area contributed by atoms with Crippen LogP contribution in [0.3, 0.4) is 0 Å². The van der Waals surface area contributed by atoms with Gasteiger partial charge in [0.1, 0.15) is 38.2 Å². The molecular formula is C67H83N13O13S. The Morgan fingerprint density at radius 3 is 2.43 bits per heavy atom. The molecule has 2 atom stereocenters. The molecule has 6 heterocycles.